The molecule has 1 N–H and O–H groups in total. The van der Waals surface area contributed by atoms with E-state index >= 15 is 0 Å². The molecule has 3 aromatic rings. The molecule has 0 atom stereocenters. The summed E-state index contributed by atoms with van der Waals surface area (Å²) in [5.74, 6) is 1.32. The molecule has 1 heterocycles. The second kappa shape index (κ2) is 7.95. The number of benzene rings is 2. The largest absolute Gasteiger partial charge is 0.497 e. The monoisotopic (exact) mass is 394 g/mol. The summed E-state index contributed by atoms with van der Waals surface area (Å²) in [5, 5.41) is 3.49. The van der Waals surface area contributed by atoms with Crippen LogP contribution >= 0.6 is 34.7 Å². The van der Waals surface area contributed by atoms with E-state index in [2.05, 4.69) is 10.3 Å². The first-order valence-corrected chi connectivity index (χ1v) is 9.48. The van der Waals surface area contributed by atoms with Crippen LogP contribution in [0.4, 0.5) is 5.69 Å². The molecule has 1 aromatic heterocycles. The lowest BCUT2D eigenvalue weighted by molar-refractivity contribution is -0.113. The van der Waals surface area contributed by atoms with Crippen LogP contribution in [-0.2, 0) is 4.79 Å². The van der Waals surface area contributed by atoms with Crippen molar-refractivity contribution < 1.29 is 14.3 Å². The van der Waals surface area contributed by atoms with Crippen LogP contribution in [0.5, 0.6) is 11.5 Å². The lowest BCUT2D eigenvalue weighted by Gasteiger charge is -2.11. The van der Waals surface area contributed by atoms with E-state index < -0.39 is 0 Å². The number of rotatable bonds is 6. The summed E-state index contributed by atoms with van der Waals surface area (Å²) < 4.78 is 12.3. The minimum Gasteiger partial charge on any atom is -0.497 e. The van der Waals surface area contributed by atoms with Crippen molar-refractivity contribution in [2.24, 2.45) is 0 Å². The van der Waals surface area contributed by atoms with E-state index in [1.165, 1.54) is 23.1 Å². The SMILES string of the molecule is COc1ccc(OC)c(NC(=O)CSc2nc3cc(Cl)ccc3s2)c1. The highest BCUT2D eigenvalue weighted by molar-refractivity contribution is 8.01. The molecule has 0 saturated heterocycles. The van der Waals surface area contributed by atoms with E-state index in [4.69, 9.17) is 21.1 Å². The number of hydrogen-bond acceptors (Lipinski definition) is 6. The fourth-order valence-corrected chi connectivity index (χ4v) is 4.18. The standard InChI is InChI=1S/C17H15ClN2O3S2/c1-22-11-4-5-14(23-2)12(8-11)19-16(21)9-24-17-20-13-7-10(18)3-6-15(13)25-17/h3-8H,9H2,1-2H3,(H,19,21). The van der Waals surface area contributed by atoms with Gasteiger partial charge in [0.15, 0.2) is 4.34 Å². The van der Waals surface area contributed by atoms with Crippen molar-refractivity contribution in [1.29, 1.82) is 0 Å². The molecule has 1 amide bonds. The van der Waals surface area contributed by atoms with Crippen molar-refractivity contribution in [3.05, 3.63) is 41.4 Å². The van der Waals surface area contributed by atoms with Crippen LogP contribution in [-0.4, -0.2) is 30.9 Å². The number of nitrogens with one attached hydrogen (secondary N) is 1. The molecular formula is C17H15ClN2O3S2. The predicted molar refractivity (Wildman–Crippen MR) is 104 cm³/mol. The van der Waals surface area contributed by atoms with Gasteiger partial charge in [0.05, 0.1) is 35.9 Å². The lowest BCUT2D eigenvalue weighted by Crippen LogP contribution is -2.14. The first-order valence-electron chi connectivity index (χ1n) is 7.30. The maximum Gasteiger partial charge on any atom is 0.234 e. The van der Waals surface area contributed by atoms with Gasteiger partial charge in [0.25, 0.3) is 0 Å². The van der Waals surface area contributed by atoms with Crippen LogP contribution in [0.3, 0.4) is 0 Å². The highest BCUT2D eigenvalue weighted by atomic mass is 35.5. The molecule has 0 saturated carbocycles. The molecule has 25 heavy (non-hydrogen) atoms. The van der Waals surface area contributed by atoms with Crippen molar-refractivity contribution in [3.63, 3.8) is 0 Å². The van der Waals surface area contributed by atoms with Gasteiger partial charge in [-0.25, -0.2) is 4.98 Å². The Balaban J connectivity index is 1.66. The molecule has 0 fully saturated rings. The number of fused-ring (bicyclic) bond motifs is 1. The number of halogens is 1. The number of carbonyl (C=O) groups excluding carboxylic acids is 1. The molecule has 3 rings (SSSR count). The van der Waals surface area contributed by atoms with Crippen molar-refractivity contribution in [2.75, 3.05) is 25.3 Å². The van der Waals surface area contributed by atoms with Crippen molar-refractivity contribution in [1.82, 2.24) is 4.98 Å². The maximum atomic E-state index is 12.3. The molecular weight excluding hydrogens is 380 g/mol. The molecule has 0 spiro atoms. The number of thioether (sulfide) groups is 1. The number of anilines is 1. The Hall–Kier alpha value is -1.96. The molecule has 0 aliphatic heterocycles. The maximum absolute atomic E-state index is 12.3. The first-order chi connectivity index (χ1) is 12.1. The van der Waals surface area contributed by atoms with Crippen LogP contribution in [0.1, 0.15) is 0 Å². The molecule has 0 aliphatic rings. The smallest absolute Gasteiger partial charge is 0.234 e. The molecule has 0 aliphatic carbocycles. The van der Waals surface area contributed by atoms with Gasteiger partial charge in [-0.05, 0) is 30.3 Å². The van der Waals surface area contributed by atoms with Gasteiger partial charge in [-0.3, -0.25) is 4.79 Å². The summed E-state index contributed by atoms with van der Waals surface area (Å²) in [7, 11) is 3.13. The molecule has 0 unspecified atom stereocenters. The minimum atomic E-state index is -0.145. The Morgan fingerprint density at radius 1 is 1.24 bits per heavy atom. The van der Waals surface area contributed by atoms with Gasteiger partial charge in [-0.15, -0.1) is 11.3 Å². The number of aromatic nitrogens is 1. The summed E-state index contributed by atoms with van der Waals surface area (Å²) in [6.07, 6.45) is 0. The van der Waals surface area contributed by atoms with Crippen LogP contribution in [0.25, 0.3) is 10.2 Å². The summed E-state index contributed by atoms with van der Waals surface area (Å²) in [5.41, 5.74) is 1.42. The number of carbonyl (C=O) groups is 1. The van der Waals surface area contributed by atoms with Crippen LogP contribution in [0, 0.1) is 0 Å². The highest BCUT2D eigenvalue weighted by Gasteiger charge is 2.11. The molecule has 130 valence electrons. The quantitative estimate of drug-likeness (QED) is 0.614. The molecule has 8 heteroatoms. The zero-order chi connectivity index (χ0) is 17.8. The third-order valence-corrected chi connectivity index (χ3v) is 5.75. The van der Waals surface area contributed by atoms with Gasteiger partial charge >= 0.3 is 0 Å². The van der Waals surface area contributed by atoms with Gasteiger partial charge in [0.2, 0.25) is 5.91 Å². The third kappa shape index (κ3) is 4.36. The van der Waals surface area contributed by atoms with Crippen molar-refractivity contribution >= 4 is 56.5 Å². The Morgan fingerprint density at radius 3 is 2.84 bits per heavy atom. The van der Waals surface area contributed by atoms with Crippen LogP contribution in [0.15, 0.2) is 40.7 Å². The van der Waals surface area contributed by atoms with E-state index in [1.54, 1.807) is 32.4 Å². The number of hydrogen-bond donors (Lipinski definition) is 1. The summed E-state index contributed by atoms with van der Waals surface area (Å²) in [6.45, 7) is 0. The number of thiazole rings is 1. The average molecular weight is 395 g/mol. The number of nitrogens with zero attached hydrogens (tertiary/aromatic N) is 1. The van der Waals surface area contributed by atoms with Gasteiger partial charge < -0.3 is 14.8 Å². The third-order valence-electron chi connectivity index (χ3n) is 3.34. The van der Waals surface area contributed by atoms with E-state index in [9.17, 15) is 4.79 Å². The summed E-state index contributed by atoms with van der Waals surface area (Å²) in [6, 6.07) is 10.8. The highest BCUT2D eigenvalue weighted by Crippen LogP contribution is 2.32. The average Bonchev–Trinajstić information content (AvgIpc) is 3.02. The molecule has 0 radical (unpaired) electrons. The Labute approximate surface area is 158 Å². The van der Waals surface area contributed by atoms with Crippen molar-refractivity contribution in [2.45, 2.75) is 4.34 Å². The normalized spacial score (nSPS) is 10.7. The zero-order valence-corrected chi connectivity index (χ0v) is 15.9. The van der Waals surface area contributed by atoms with E-state index in [-0.39, 0.29) is 11.7 Å². The number of ether oxygens (including phenoxy) is 2. The Morgan fingerprint density at radius 2 is 2.08 bits per heavy atom. The fraction of sp³-hybridized carbons (Fsp3) is 0.176. The first kappa shape index (κ1) is 17.8. The van der Waals surface area contributed by atoms with E-state index in [0.29, 0.717) is 22.2 Å². The molecule has 2 aromatic carbocycles. The Kier molecular flexibility index (Phi) is 5.67. The van der Waals surface area contributed by atoms with Crippen LogP contribution < -0.4 is 14.8 Å². The van der Waals surface area contributed by atoms with Gasteiger partial charge in [-0.2, -0.15) is 0 Å². The van der Waals surface area contributed by atoms with Crippen LogP contribution in [0.2, 0.25) is 5.02 Å². The summed E-state index contributed by atoms with van der Waals surface area (Å²) in [4.78, 5) is 16.7. The summed E-state index contributed by atoms with van der Waals surface area (Å²) >= 11 is 8.89. The molecule has 0 bridgehead atoms. The minimum absolute atomic E-state index is 0.145. The Bertz CT molecular complexity index is 914. The zero-order valence-electron chi connectivity index (χ0n) is 13.5. The second-order valence-corrected chi connectivity index (χ2v) is 7.68. The van der Waals surface area contributed by atoms with Gasteiger partial charge in [-0.1, -0.05) is 23.4 Å². The lowest BCUT2D eigenvalue weighted by atomic mass is 10.2. The van der Waals surface area contributed by atoms with Crippen molar-refractivity contribution in [3.8, 4) is 11.5 Å². The second-order valence-electron chi connectivity index (χ2n) is 4.99. The number of amides is 1. The van der Waals surface area contributed by atoms with E-state index in [0.717, 1.165) is 14.6 Å². The van der Waals surface area contributed by atoms with Gasteiger partial charge in [0.1, 0.15) is 11.5 Å². The number of methoxy groups -OCH3 is 2. The fourth-order valence-electron chi connectivity index (χ4n) is 2.17. The van der Waals surface area contributed by atoms with Gasteiger partial charge in [0, 0.05) is 11.1 Å². The molecule has 5 nitrogen and oxygen atoms in total. The topological polar surface area (TPSA) is 60.5 Å². The predicted octanol–water partition coefficient (Wildman–Crippen LogP) is 4.70. The van der Waals surface area contributed by atoms with E-state index in [1.807, 2.05) is 18.2 Å².